The molecule has 0 amide bonds. The van der Waals surface area contributed by atoms with Gasteiger partial charge in [-0.25, -0.2) is 8.42 Å². The lowest BCUT2D eigenvalue weighted by Crippen LogP contribution is -2.51. The van der Waals surface area contributed by atoms with Crippen molar-refractivity contribution in [2.24, 2.45) is 0 Å². The first-order valence-electron chi connectivity index (χ1n) is 6.95. The summed E-state index contributed by atoms with van der Waals surface area (Å²) in [6.07, 6.45) is 1.83. The molecule has 0 radical (unpaired) electrons. The third-order valence-corrected chi connectivity index (χ3v) is 7.87. The van der Waals surface area contributed by atoms with Gasteiger partial charge in [0.05, 0.1) is 9.77 Å². The molecule has 0 N–H and O–H groups in total. The standard InChI is InChI=1S/C14H20N2O2S2/c1-15-9-7-14(8-10-15)16(11-12-19-14)20(17,18)13-5-3-2-4-6-13/h2-6H,7-12H2,1H3. The summed E-state index contributed by atoms with van der Waals surface area (Å²) >= 11 is 1.82. The smallest absolute Gasteiger partial charge is 0.244 e. The second kappa shape index (κ2) is 5.33. The Hall–Kier alpha value is -0.560. The highest BCUT2D eigenvalue weighted by Crippen LogP contribution is 2.46. The molecular formula is C14H20N2O2S2. The van der Waals surface area contributed by atoms with Crippen molar-refractivity contribution in [3.8, 4) is 0 Å². The number of sulfonamides is 1. The minimum Gasteiger partial charge on any atom is -0.306 e. The number of piperidine rings is 1. The summed E-state index contributed by atoms with van der Waals surface area (Å²) in [5, 5.41) is 0. The minimum atomic E-state index is -3.37. The normalized spacial score (nSPS) is 24.2. The van der Waals surface area contributed by atoms with Gasteiger partial charge in [0.25, 0.3) is 0 Å². The highest BCUT2D eigenvalue weighted by Gasteiger charge is 2.49. The van der Waals surface area contributed by atoms with Crippen LogP contribution in [-0.4, -0.2) is 54.9 Å². The average Bonchev–Trinajstić information content (AvgIpc) is 2.88. The minimum absolute atomic E-state index is 0.221. The number of nitrogens with zero attached hydrogens (tertiary/aromatic N) is 2. The molecule has 2 aliphatic heterocycles. The monoisotopic (exact) mass is 312 g/mol. The van der Waals surface area contributed by atoms with Gasteiger partial charge in [0.1, 0.15) is 0 Å². The zero-order valence-corrected chi connectivity index (χ0v) is 13.3. The molecule has 0 unspecified atom stereocenters. The van der Waals surface area contributed by atoms with Crippen LogP contribution in [0.1, 0.15) is 12.8 Å². The molecule has 2 aliphatic rings. The highest BCUT2D eigenvalue weighted by atomic mass is 32.2. The highest BCUT2D eigenvalue weighted by molar-refractivity contribution is 8.02. The van der Waals surface area contributed by atoms with E-state index in [1.165, 1.54) is 0 Å². The van der Waals surface area contributed by atoms with Crippen molar-refractivity contribution in [2.45, 2.75) is 22.6 Å². The van der Waals surface area contributed by atoms with Crippen LogP contribution in [0.3, 0.4) is 0 Å². The van der Waals surface area contributed by atoms with Crippen molar-refractivity contribution >= 4 is 21.8 Å². The summed E-state index contributed by atoms with van der Waals surface area (Å²) in [5.74, 6) is 0.899. The van der Waals surface area contributed by atoms with Gasteiger partial charge < -0.3 is 4.90 Å². The number of thioether (sulfide) groups is 1. The molecular weight excluding hydrogens is 292 g/mol. The van der Waals surface area contributed by atoms with Crippen LogP contribution >= 0.6 is 11.8 Å². The molecule has 2 fully saturated rings. The van der Waals surface area contributed by atoms with Crippen molar-refractivity contribution in [3.05, 3.63) is 30.3 Å². The molecule has 20 heavy (non-hydrogen) atoms. The summed E-state index contributed by atoms with van der Waals surface area (Å²) in [6, 6.07) is 8.82. The van der Waals surface area contributed by atoms with E-state index in [9.17, 15) is 8.42 Å². The molecule has 2 saturated heterocycles. The predicted octanol–water partition coefficient (Wildman–Crippen LogP) is 1.85. The van der Waals surface area contributed by atoms with Crippen LogP contribution < -0.4 is 0 Å². The van der Waals surface area contributed by atoms with E-state index >= 15 is 0 Å². The Morgan fingerprint density at radius 3 is 2.40 bits per heavy atom. The average molecular weight is 312 g/mol. The number of rotatable bonds is 2. The molecule has 1 aromatic carbocycles. The number of likely N-dealkylation sites (tertiary alicyclic amines) is 1. The second-order valence-electron chi connectivity index (χ2n) is 5.49. The maximum absolute atomic E-state index is 12.9. The van der Waals surface area contributed by atoms with E-state index in [4.69, 9.17) is 0 Å². The Kier molecular flexibility index (Phi) is 3.83. The maximum Gasteiger partial charge on any atom is 0.244 e. The van der Waals surface area contributed by atoms with Gasteiger partial charge in [-0.15, -0.1) is 11.8 Å². The molecule has 2 heterocycles. The van der Waals surface area contributed by atoms with Crippen LogP contribution in [0.25, 0.3) is 0 Å². The fourth-order valence-corrected chi connectivity index (χ4v) is 6.65. The Morgan fingerprint density at radius 2 is 1.75 bits per heavy atom. The Bertz CT molecular complexity index is 566. The van der Waals surface area contributed by atoms with Gasteiger partial charge in [-0.3, -0.25) is 0 Å². The maximum atomic E-state index is 12.9. The molecule has 1 aromatic rings. The Balaban J connectivity index is 1.93. The fourth-order valence-electron chi connectivity index (χ4n) is 3.01. The quantitative estimate of drug-likeness (QED) is 0.835. The number of hydrogen-bond donors (Lipinski definition) is 0. The summed E-state index contributed by atoms with van der Waals surface area (Å²) in [4.78, 5) is 2.47. The van der Waals surface area contributed by atoms with E-state index in [2.05, 4.69) is 11.9 Å². The van der Waals surface area contributed by atoms with Crippen LogP contribution in [0.5, 0.6) is 0 Å². The van der Waals surface area contributed by atoms with E-state index in [-0.39, 0.29) is 4.87 Å². The van der Waals surface area contributed by atoms with Gasteiger partial charge in [0.15, 0.2) is 0 Å². The van der Waals surface area contributed by atoms with Crippen LogP contribution in [0.15, 0.2) is 35.2 Å². The number of benzene rings is 1. The molecule has 0 atom stereocenters. The van der Waals surface area contributed by atoms with E-state index in [0.717, 1.165) is 31.7 Å². The lowest BCUT2D eigenvalue weighted by Gasteiger charge is -2.42. The van der Waals surface area contributed by atoms with Crippen molar-refractivity contribution in [3.63, 3.8) is 0 Å². The predicted molar refractivity (Wildman–Crippen MR) is 82.3 cm³/mol. The third kappa shape index (κ3) is 2.39. The zero-order valence-electron chi connectivity index (χ0n) is 11.7. The largest absolute Gasteiger partial charge is 0.306 e. The first kappa shape index (κ1) is 14.4. The lowest BCUT2D eigenvalue weighted by atomic mass is 10.0. The Morgan fingerprint density at radius 1 is 1.10 bits per heavy atom. The molecule has 4 nitrogen and oxygen atoms in total. The molecule has 0 aliphatic carbocycles. The van der Waals surface area contributed by atoms with Crippen molar-refractivity contribution in [1.29, 1.82) is 0 Å². The van der Waals surface area contributed by atoms with Gasteiger partial charge in [-0.05, 0) is 32.0 Å². The molecule has 6 heteroatoms. The molecule has 110 valence electrons. The number of hydrogen-bond acceptors (Lipinski definition) is 4. The van der Waals surface area contributed by atoms with E-state index in [1.54, 1.807) is 28.6 Å². The molecule has 3 rings (SSSR count). The van der Waals surface area contributed by atoms with Gasteiger partial charge in [-0.1, -0.05) is 18.2 Å². The first-order chi connectivity index (χ1) is 9.55. The summed E-state index contributed by atoms with van der Waals surface area (Å²) in [5.41, 5.74) is 0. The van der Waals surface area contributed by atoms with Crippen molar-refractivity contribution < 1.29 is 8.42 Å². The first-order valence-corrected chi connectivity index (χ1v) is 9.38. The van der Waals surface area contributed by atoms with Gasteiger partial charge >= 0.3 is 0 Å². The molecule has 0 bridgehead atoms. The van der Waals surface area contributed by atoms with Crippen LogP contribution in [0.4, 0.5) is 0 Å². The van der Waals surface area contributed by atoms with Crippen LogP contribution in [0, 0.1) is 0 Å². The van der Waals surface area contributed by atoms with Gasteiger partial charge in [0.2, 0.25) is 10.0 Å². The van der Waals surface area contributed by atoms with Gasteiger partial charge in [-0.2, -0.15) is 4.31 Å². The zero-order chi connectivity index (χ0) is 14.2. The second-order valence-corrected chi connectivity index (χ2v) is 8.81. The Labute approximate surface area is 125 Å². The topological polar surface area (TPSA) is 40.6 Å². The lowest BCUT2D eigenvalue weighted by molar-refractivity contribution is 0.172. The summed E-state index contributed by atoms with van der Waals surface area (Å²) < 4.78 is 27.5. The van der Waals surface area contributed by atoms with E-state index < -0.39 is 10.0 Å². The molecule has 1 spiro atoms. The summed E-state index contributed by atoms with van der Waals surface area (Å²) in [7, 11) is -1.27. The van der Waals surface area contributed by atoms with Crippen LogP contribution in [-0.2, 0) is 10.0 Å². The fraction of sp³-hybridized carbons (Fsp3) is 0.571. The SMILES string of the molecule is CN1CCC2(CC1)SCCN2S(=O)(=O)c1ccccc1. The van der Waals surface area contributed by atoms with Crippen molar-refractivity contribution in [1.82, 2.24) is 9.21 Å². The van der Waals surface area contributed by atoms with Crippen LogP contribution in [0.2, 0.25) is 0 Å². The van der Waals surface area contributed by atoms with E-state index in [0.29, 0.717) is 11.4 Å². The van der Waals surface area contributed by atoms with Crippen molar-refractivity contribution in [2.75, 3.05) is 32.4 Å². The van der Waals surface area contributed by atoms with Gasteiger partial charge in [0, 0.05) is 25.4 Å². The summed E-state index contributed by atoms with van der Waals surface area (Å²) in [6.45, 7) is 2.56. The molecule has 0 aromatic heterocycles. The van der Waals surface area contributed by atoms with E-state index in [1.807, 2.05) is 17.8 Å². The third-order valence-electron chi connectivity index (χ3n) is 4.22. The molecule has 0 saturated carbocycles.